The molecular formula is C9H15NO2. The highest BCUT2D eigenvalue weighted by Gasteiger charge is 2.51. The van der Waals surface area contributed by atoms with Crippen molar-refractivity contribution < 1.29 is 9.90 Å². The molecule has 1 aliphatic carbocycles. The molecule has 2 rings (SSSR count). The van der Waals surface area contributed by atoms with Crippen molar-refractivity contribution in [3.8, 4) is 0 Å². The summed E-state index contributed by atoms with van der Waals surface area (Å²) in [4.78, 5) is 13.6. The van der Waals surface area contributed by atoms with Gasteiger partial charge in [-0.05, 0) is 25.7 Å². The summed E-state index contributed by atoms with van der Waals surface area (Å²) in [6, 6.07) is 0. The molecule has 1 saturated carbocycles. The summed E-state index contributed by atoms with van der Waals surface area (Å²) in [6.07, 6.45) is 4.04. The Labute approximate surface area is 72.4 Å². The molecule has 0 bridgehead atoms. The first kappa shape index (κ1) is 8.05. The lowest BCUT2D eigenvalue weighted by atomic mass is 10.1. The summed E-state index contributed by atoms with van der Waals surface area (Å²) in [6.45, 7) is 1.85. The van der Waals surface area contributed by atoms with Gasteiger partial charge in [-0.2, -0.15) is 0 Å². The summed E-state index contributed by atoms with van der Waals surface area (Å²) in [7, 11) is 0. The van der Waals surface area contributed by atoms with E-state index in [1.807, 2.05) is 4.90 Å². The molecule has 0 spiro atoms. The topological polar surface area (TPSA) is 40.5 Å². The van der Waals surface area contributed by atoms with Crippen molar-refractivity contribution in [1.82, 2.24) is 4.90 Å². The molecule has 0 atom stereocenters. The third-order valence-corrected chi connectivity index (χ3v) is 3.00. The predicted molar refractivity (Wildman–Crippen MR) is 44.6 cm³/mol. The maximum Gasteiger partial charge on any atom is 0.231 e. The molecule has 0 aromatic heterocycles. The van der Waals surface area contributed by atoms with Gasteiger partial charge in [0, 0.05) is 13.1 Å². The number of hydrogen-bond donors (Lipinski definition) is 1. The highest BCUT2D eigenvalue weighted by molar-refractivity contribution is 5.85. The number of rotatable bonds is 2. The van der Waals surface area contributed by atoms with Gasteiger partial charge in [-0.25, -0.2) is 0 Å². The fourth-order valence-electron chi connectivity index (χ4n) is 1.85. The van der Waals surface area contributed by atoms with Crippen molar-refractivity contribution >= 4 is 5.91 Å². The Morgan fingerprint density at radius 3 is 2.33 bits per heavy atom. The number of aliphatic hydroxyl groups excluding tert-OH is 1. The second-order valence-electron chi connectivity index (χ2n) is 3.94. The molecule has 0 aromatic carbocycles. The minimum absolute atomic E-state index is 0.0440. The van der Waals surface area contributed by atoms with E-state index in [-0.39, 0.29) is 17.9 Å². The van der Waals surface area contributed by atoms with Crippen LogP contribution in [0.3, 0.4) is 0 Å². The Bertz CT molecular complexity index is 193. The second kappa shape index (κ2) is 2.73. The highest BCUT2D eigenvalue weighted by Crippen LogP contribution is 2.47. The van der Waals surface area contributed by atoms with E-state index in [2.05, 4.69) is 0 Å². The largest absolute Gasteiger partial charge is 0.395 e. The van der Waals surface area contributed by atoms with Gasteiger partial charge < -0.3 is 10.0 Å². The number of nitrogens with zero attached hydrogens (tertiary/aromatic N) is 1. The quantitative estimate of drug-likeness (QED) is 0.649. The minimum atomic E-state index is -0.343. The van der Waals surface area contributed by atoms with Gasteiger partial charge in [0.25, 0.3) is 0 Å². The lowest BCUT2D eigenvalue weighted by Crippen LogP contribution is -2.36. The van der Waals surface area contributed by atoms with Crippen LogP contribution >= 0.6 is 0 Å². The van der Waals surface area contributed by atoms with E-state index >= 15 is 0 Å². The van der Waals surface area contributed by atoms with Crippen LogP contribution in [-0.2, 0) is 4.79 Å². The van der Waals surface area contributed by atoms with Gasteiger partial charge in [-0.3, -0.25) is 4.79 Å². The molecule has 2 aliphatic rings. The molecule has 1 N–H and O–H groups in total. The molecule has 0 radical (unpaired) electrons. The zero-order valence-electron chi connectivity index (χ0n) is 7.25. The number of carbonyl (C=O) groups excluding carboxylic acids is 1. The minimum Gasteiger partial charge on any atom is -0.395 e. The van der Waals surface area contributed by atoms with Crippen LogP contribution in [0.5, 0.6) is 0 Å². The lowest BCUT2D eigenvalue weighted by molar-refractivity contribution is -0.137. The molecule has 1 amide bonds. The number of likely N-dealkylation sites (tertiary alicyclic amines) is 1. The van der Waals surface area contributed by atoms with Gasteiger partial charge >= 0.3 is 0 Å². The summed E-state index contributed by atoms with van der Waals surface area (Å²) >= 11 is 0. The fraction of sp³-hybridized carbons (Fsp3) is 0.889. The van der Waals surface area contributed by atoms with Crippen molar-refractivity contribution in [3.05, 3.63) is 0 Å². The van der Waals surface area contributed by atoms with Crippen molar-refractivity contribution in [3.63, 3.8) is 0 Å². The van der Waals surface area contributed by atoms with Gasteiger partial charge in [0.15, 0.2) is 0 Å². The average Bonchev–Trinajstić information content (AvgIpc) is 2.71. The molecule has 1 saturated heterocycles. The lowest BCUT2D eigenvalue weighted by Gasteiger charge is -2.20. The van der Waals surface area contributed by atoms with Crippen LogP contribution < -0.4 is 0 Å². The first-order chi connectivity index (χ1) is 5.78. The predicted octanol–water partition coefficient (Wildman–Crippen LogP) is 0.381. The molecule has 2 fully saturated rings. The van der Waals surface area contributed by atoms with E-state index in [4.69, 9.17) is 5.11 Å². The third kappa shape index (κ3) is 1.12. The Kier molecular flexibility index (Phi) is 1.83. The monoisotopic (exact) mass is 169 g/mol. The Morgan fingerprint density at radius 1 is 1.33 bits per heavy atom. The van der Waals surface area contributed by atoms with E-state index in [1.54, 1.807) is 0 Å². The summed E-state index contributed by atoms with van der Waals surface area (Å²) in [5.41, 5.74) is -0.343. The normalized spacial score (nSPS) is 25.9. The van der Waals surface area contributed by atoms with Crippen molar-refractivity contribution in [2.24, 2.45) is 5.41 Å². The van der Waals surface area contributed by atoms with Crippen molar-refractivity contribution in [2.75, 3.05) is 19.7 Å². The maximum atomic E-state index is 11.7. The van der Waals surface area contributed by atoms with Crippen LogP contribution in [0.25, 0.3) is 0 Å². The zero-order chi connectivity index (χ0) is 8.60. The van der Waals surface area contributed by atoms with Crippen molar-refractivity contribution in [1.29, 1.82) is 0 Å². The van der Waals surface area contributed by atoms with E-state index < -0.39 is 0 Å². The Balaban J connectivity index is 1.99. The van der Waals surface area contributed by atoms with Crippen molar-refractivity contribution in [2.45, 2.75) is 25.7 Å². The number of amides is 1. The molecule has 3 nitrogen and oxygen atoms in total. The highest BCUT2D eigenvalue weighted by atomic mass is 16.3. The van der Waals surface area contributed by atoms with E-state index in [0.29, 0.717) is 0 Å². The molecule has 12 heavy (non-hydrogen) atoms. The Hall–Kier alpha value is -0.570. The van der Waals surface area contributed by atoms with Crippen LogP contribution in [0.1, 0.15) is 25.7 Å². The molecule has 3 heteroatoms. The first-order valence-corrected chi connectivity index (χ1v) is 4.69. The van der Waals surface area contributed by atoms with Crippen LogP contribution in [-0.4, -0.2) is 35.6 Å². The number of carbonyl (C=O) groups is 1. The van der Waals surface area contributed by atoms with Gasteiger partial charge in [0.1, 0.15) is 0 Å². The third-order valence-electron chi connectivity index (χ3n) is 3.00. The number of aliphatic hydroxyl groups is 1. The molecule has 0 aromatic rings. The Morgan fingerprint density at radius 2 is 1.92 bits per heavy atom. The molecule has 1 aliphatic heterocycles. The van der Waals surface area contributed by atoms with Crippen LogP contribution in [0.4, 0.5) is 0 Å². The summed E-state index contributed by atoms with van der Waals surface area (Å²) < 4.78 is 0. The standard InChI is InChI=1S/C9H15NO2/c11-7-9(3-4-9)8(12)10-5-1-2-6-10/h11H,1-7H2. The average molecular weight is 169 g/mol. The molecule has 68 valence electrons. The maximum absolute atomic E-state index is 11.7. The summed E-state index contributed by atoms with van der Waals surface area (Å²) in [5.74, 6) is 0.197. The summed E-state index contributed by atoms with van der Waals surface area (Å²) in [5, 5.41) is 9.04. The van der Waals surface area contributed by atoms with Crippen LogP contribution in [0.2, 0.25) is 0 Å². The first-order valence-electron chi connectivity index (χ1n) is 4.69. The molecule has 1 heterocycles. The molecular weight excluding hydrogens is 154 g/mol. The zero-order valence-corrected chi connectivity index (χ0v) is 7.25. The molecule has 0 unspecified atom stereocenters. The van der Waals surface area contributed by atoms with E-state index in [0.717, 1.165) is 38.8 Å². The van der Waals surface area contributed by atoms with Crippen LogP contribution in [0, 0.1) is 5.41 Å². The van der Waals surface area contributed by atoms with E-state index in [9.17, 15) is 4.79 Å². The van der Waals surface area contributed by atoms with Gasteiger partial charge in [-0.1, -0.05) is 0 Å². The van der Waals surface area contributed by atoms with Crippen LogP contribution in [0.15, 0.2) is 0 Å². The fourth-order valence-corrected chi connectivity index (χ4v) is 1.85. The van der Waals surface area contributed by atoms with Gasteiger partial charge in [0.05, 0.1) is 12.0 Å². The van der Waals surface area contributed by atoms with Gasteiger partial charge in [0.2, 0.25) is 5.91 Å². The number of hydrogen-bond acceptors (Lipinski definition) is 2. The second-order valence-corrected chi connectivity index (χ2v) is 3.94. The van der Waals surface area contributed by atoms with E-state index in [1.165, 1.54) is 0 Å². The van der Waals surface area contributed by atoms with Gasteiger partial charge in [-0.15, -0.1) is 0 Å². The smallest absolute Gasteiger partial charge is 0.231 e. The SMILES string of the molecule is O=C(N1CCCC1)C1(CO)CC1.